The Hall–Kier alpha value is -2.69. The van der Waals surface area contributed by atoms with Crippen LogP contribution in [-0.4, -0.2) is 25.7 Å². The summed E-state index contributed by atoms with van der Waals surface area (Å²) in [6, 6.07) is 13.5. The van der Waals surface area contributed by atoms with Crippen LogP contribution in [0.25, 0.3) is 0 Å². The fourth-order valence-electron chi connectivity index (χ4n) is 2.69. The minimum absolute atomic E-state index is 0.0148. The molecule has 0 saturated carbocycles. The first-order valence-corrected chi connectivity index (χ1v) is 9.42. The molecule has 0 unspecified atom stereocenters. The van der Waals surface area contributed by atoms with E-state index in [0.717, 1.165) is 16.9 Å². The van der Waals surface area contributed by atoms with Gasteiger partial charge in [-0.3, -0.25) is 4.79 Å². The third-order valence-electron chi connectivity index (χ3n) is 4.00. The van der Waals surface area contributed by atoms with Gasteiger partial charge in [0.1, 0.15) is 5.75 Å². The molecule has 2 aromatic carbocycles. The summed E-state index contributed by atoms with van der Waals surface area (Å²) in [5.41, 5.74) is 2.04. The highest BCUT2D eigenvalue weighted by Crippen LogP contribution is 2.28. The lowest BCUT2D eigenvalue weighted by atomic mass is 10.0. The predicted octanol–water partition coefficient (Wildman–Crippen LogP) is 4.30. The van der Waals surface area contributed by atoms with Gasteiger partial charge in [0.25, 0.3) is 5.91 Å². The molecule has 0 aromatic heterocycles. The van der Waals surface area contributed by atoms with Gasteiger partial charge in [-0.15, -0.1) is 0 Å². The number of hydrogen-bond acceptors (Lipinski definition) is 4. The minimum Gasteiger partial charge on any atom is -0.490 e. The Balaban J connectivity index is 1.91. The normalized spacial score (nSPS) is 10.6. The molecule has 0 spiro atoms. The summed E-state index contributed by atoms with van der Waals surface area (Å²) in [7, 11) is 0. The average Bonchev–Trinajstić information content (AvgIpc) is 2.67. The van der Waals surface area contributed by atoms with Gasteiger partial charge in [0.15, 0.2) is 18.1 Å². The molecule has 0 heterocycles. The molecule has 5 nitrogen and oxygen atoms in total. The molecular weight excluding hydrogens is 342 g/mol. The van der Waals surface area contributed by atoms with Crippen molar-refractivity contribution in [1.29, 1.82) is 0 Å². The molecular formula is C22H29NO4. The number of amides is 1. The maximum absolute atomic E-state index is 12.2. The third kappa shape index (κ3) is 6.20. The lowest BCUT2D eigenvalue weighted by Crippen LogP contribution is -2.28. The van der Waals surface area contributed by atoms with Crippen molar-refractivity contribution in [1.82, 2.24) is 5.32 Å². The van der Waals surface area contributed by atoms with Crippen molar-refractivity contribution in [3.8, 4) is 17.2 Å². The van der Waals surface area contributed by atoms with Gasteiger partial charge in [-0.05, 0) is 49.1 Å². The lowest BCUT2D eigenvalue weighted by Gasteiger charge is -2.14. The summed E-state index contributed by atoms with van der Waals surface area (Å²) in [6.45, 7) is 9.58. The van der Waals surface area contributed by atoms with Crippen LogP contribution < -0.4 is 19.5 Å². The first kappa shape index (κ1) is 20.6. The summed E-state index contributed by atoms with van der Waals surface area (Å²) in [5.74, 6) is 2.32. The Morgan fingerprint density at radius 3 is 2.33 bits per heavy atom. The van der Waals surface area contributed by atoms with E-state index < -0.39 is 0 Å². The van der Waals surface area contributed by atoms with E-state index >= 15 is 0 Å². The van der Waals surface area contributed by atoms with Crippen LogP contribution in [0, 0.1) is 0 Å². The molecule has 0 atom stereocenters. The Bertz CT molecular complexity index is 743. The smallest absolute Gasteiger partial charge is 0.258 e. The van der Waals surface area contributed by atoms with Gasteiger partial charge in [-0.2, -0.15) is 0 Å². The van der Waals surface area contributed by atoms with E-state index in [1.54, 1.807) is 0 Å². The lowest BCUT2D eigenvalue weighted by molar-refractivity contribution is -0.123. The van der Waals surface area contributed by atoms with Crippen LogP contribution in [0.15, 0.2) is 42.5 Å². The predicted molar refractivity (Wildman–Crippen MR) is 107 cm³/mol. The van der Waals surface area contributed by atoms with Gasteiger partial charge in [0, 0.05) is 6.54 Å². The Morgan fingerprint density at radius 1 is 0.926 bits per heavy atom. The quantitative estimate of drug-likeness (QED) is 0.676. The molecule has 0 aliphatic heterocycles. The van der Waals surface area contributed by atoms with E-state index in [4.69, 9.17) is 14.2 Å². The summed E-state index contributed by atoms with van der Waals surface area (Å²) >= 11 is 0. The second-order valence-electron chi connectivity index (χ2n) is 6.41. The highest BCUT2D eigenvalue weighted by molar-refractivity contribution is 5.77. The largest absolute Gasteiger partial charge is 0.490 e. The van der Waals surface area contributed by atoms with Gasteiger partial charge < -0.3 is 19.5 Å². The van der Waals surface area contributed by atoms with Crippen molar-refractivity contribution < 1.29 is 19.0 Å². The molecule has 0 radical (unpaired) electrons. The molecule has 146 valence electrons. The summed E-state index contributed by atoms with van der Waals surface area (Å²) in [5, 5.41) is 2.88. The number of nitrogens with one attached hydrogen (secondary N) is 1. The van der Waals surface area contributed by atoms with Crippen molar-refractivity contribution in [3.05, 3.63) is 53.6 Å². The highest BCUT2D eigenvalue weighted by Gasteiger charge is 2.10. The minimum atomic E-state index is -0.166. The zero-order valence-corrected chi connectivity index (χ0v) is 16.6. The average molecular weight is 371 g/mol. The standard InChI is InChI=1S/C22H29NO4/c1-5-25-20-12-11-17(13-21(20)26-6-2)14-23-22(24)15-27-19-10-8-7-9-18(19)16(3)4/h7-13,16H,5-6,14-15H2,1-4H3,(H,23,24). The second-order valence-corrected chi connectivity index (χ2v) is 6.41. The van der Waals surface area contributed by atoms with Gasteiger partial charge in [0.2, 0.25) is 0 Å². The molecule has 1 amide bonds. The summed E-state index contributed by atoms with van der Waals surface area (Å²) in [6.07, 6.45) is 0. The zero-order valence-electron chi connectivity index (χ0n) is 16.6. The Kier molecular flexibility index (Phi) is 7.99. The van der Waals surface area contributed by atoms with Gasteiger partial charge >= 0.3 is 0 Å². The topological polar surface area (TPSA) is 56.8 Å². The molecule has 2 aromatic rings. The molecule has 5 heteroatoms. The van der Waals surface area contributed by atoms with Crippen LogP contribution in [-0.2, 0) is 11.3 Å². The second kappa shape index (κ2) is 10.5. The molecule has 0 aliphatic rings. The van der Waals surface area contributed by atoms with Crippen molar-refractivity contribution in [2.24, 2.45) is 0 Å². The summed E-state index contributed by atoms with van der Waals surface area (Å²) in [4.78, 5) is 12.2. The molecule has 0 fully saturated rings. The molecule has 0 bridgehead atoms. The van der Waals surface area contributed by atoms with Crippen LogP contribution in [0.1, 0.15) is 44.7 Å². The van der Waals surface area contributed by atoms with Crippen LogP contribution in [0.4, 0.5) is 0 Å². The first-order chi connectivity index (χ1) is 13.0. The molecule has 2 rings (SSSR count). The fourth-order valence-corrected chi connectivity index (χ4v) is 2.69. The molecule has 1 N–H and O–H groups in total. The maximum Gasteiger partial charge on any atom is 0.258 e. The highest BCUT2D eigenvalue weighted by atomic mass is 16.5. The SMILES string of the molecule is CCOc1ccc(CNC(=O)COc2ccccc2C(C)C)cc1OCC. The zero-order chi connectivity index (χ0) is 19.6. The van der Waals surface area contributed by atoms with Crippen molar-refractivity contribution in [2.45, 2.75) is 40.2 Å². The number of ether oxygens (including phenoxy) is 3. The van der Waals surface area contributed by atoms with Gasteiger partial charge in [-0.25, -0.2) is 0 Å². The number of carbonyl (C=O) groups excluding carboxylic acids is 1. The van der Waals surface area contributed by atoms with E-state index in [1.807, 2.05) is 56.3 Å². The van der Waals surface area contributed by atoms with Crippen molar-refractivity contribution >= 4 is 5.91 Å². The van der Waals surface area contributed by atoms with E-state index in [1.165, 1.54) is 0 Å². The Morgan fingerprint density at radius 2 is 1.63 bits per heavy atom. The number of rotatable bonds is 10. The van der Waals surface area contributed by atoms with Gasteiger partial charge in [-0.1, -0.05) is 38.1 Å². The van der Waals surface area contributed by atoms with Crippen LogP contribution >= 0.6 is 0 Å². The van der Waals surface area contributed by atoms with Crippen LogP contribution in [0.5, 0.6) is 17.2 Å². The van der Waals surface area contributed by atoms with Crippen LogP contribution in [0.2, 0.25) is 0 Å². The number of carbonyl (C=O) groups is 1. The molecule has 0 aliphatic carbocycles. The maximum atomic E-state index is 12.2. The van der Waals surface area contributed by atoms with E-state index in [2.05, 4.69) is 19.2 Å². The molecule has 27 heavy (non-hydrogen) atoms. The summed E-state index contributed by atoms with van der Waals surface area (Å²) < 4.78 is 16.9. The number of para-hydroxylation sites is 1. The van der Waals surface area contributed by atoms with E-state index in [9.17, 15) is 4.79 Å². The van der Waals surface area contributed by atoms with Gasteiger partial charge in [0.05, 0.1) is 13.2 Å². The van der Waals surface area contributed by atoms with Crippen molar-refractivity contribution in [2.75, 3.05) is 19.8 Å². The van der Waals surface area contributed by atoms with E-state index in [-0.39, 0.29) is 12.5 Å². The number of benzene rings is 2. The van der Waals surface area contributed by atoms with Crippen molar-refractivity contribution in [3.63, 3.8) is 0 Å². The third-order valence-corrected chi connectivity index (χ3v) is 4.00. The Labute approximate surface area is 161 Å². The first-order valence-electron chi connectivity index (χ1n) is 9.42. The van der Waals surface area contributed by atoms with E-state index in [0.29, 0.717) is 37.2 Å². The molecule has 0 saturated heterocycles. The monoisotopic (exact) mass is 371 g/mol. The fraction of sp³-hybridized carbons (Fsp3) is 0.409. The van der Waals surface area contributed by atoms with Crippen LogP contribution in [0.3, 0.4) is 0 Å². The number of hydrogen-bond donors (Lipinski definition) is 1.